The molecule has 3 rings (SSSR count). The number of halogens is 2. The summed E-state index contributed by atoms with van der Waals surface area (Å²) in [5.74, 6) is 0.819. The Balaban J connectivity index is 1.86. The van der Waals surface area contributed by atoms with E-state index in [4.69, 9.17) is 21.1 Å². The number of rotatable bonds is 6. The lowest BCUT2D eigenvalue weighted by Crippen LogP contribution is -2.25. The molecule has 2 aromatic carbocycles. The van der Waals surface area contributed by atoms with Crippen LogP contribution in [0, 0.1) is 3.57 Å². The standard InChI is InChI=1S/C20H18ClIN2O4/c1-3-27-17-10-13(9-16-19(25)24(2)20(26)23-16)8-15(22)18(17)28-11-12-4-6-14(21)7-5-12/h4-10H,3,11H2,1-2H3,(H,23,26)/b16-9+. The number of benzene rings is 2. The van der Waals surface area contributed by atoms with Gasteiger partial charge in [0.2, 0.25) is 0 Å². The van der Waals surface area contributed by atoms with Gasteiger partial charge in [0, 0.05) is 12.1 Å². The molecule has 28 heavy (non-hydrogen) atoms. The van der Waals surface area contributed by atoms with E-state index < -0.39 is 6.03 Å². The molecular weight excluding hydrogens is 495 g/mol. The quantitative estimate of drug-likeness (QED) is 0.353. The molecule has 0 unspecified atom stereocenters. The van der Waals surface area contributed by atoms with Gasteiger partial charge in [-0.25, -0.2) is 4.79 Å². The van der Waals surface area contributed by atoms with Crippen molar-refractivity contribution in [1.82, 2.24) is 10.2 Å². The second-order valence-electron chi connectivity index (χ2n) is 6.03. The minimum absolute atomic E-state index is 0.223. The molecule has 2 aromatic rings. The van der Waals surface area contributed by atoms with Gasteiger partial charge in [-0.1, -0.05) is 23.7 Å². The molecule has 1 N–H and O–H groups in total. The molecule has 1 aliphatic heterocycles. The van der Waals surface area contributed by atoms with Crippen LogP contribution in [-0.2, 0) is 11.4 Å². The Kier molecular flexibility index (Phi) is 6.46. The van der Waals surface area contributed by atoms with Gasteiger partial charge in [0.15, 0.2) is 11.5 Å². The lowest BCUT2D eigenvalue weighted by Gasteiger charge is -2.15. The van der Waals surface area contributed by atoms with E-state index in [1.165, 1.54) is 7.05 Å². The van der Waals surface area contributed by atoms with Crippen molar-refractivity contribution in [1.29, 1.82) is 0 Å². The van der Waals surface area contributed by atoms with Gasteiger partial charge in [0.1, 0.15) is 12.3 Å². The van der Waals surface area contributed by atoms with Crippen LogP contribution in [0.5, 0.6) is 11.5 Å². The molecule has 1 heterocycles. The molecule has 0 radical (unpaired) electrons. The Hall–Kier alpha value is -2.26. The van der Waals surface area contributed by atoms with Crippen LogP contribution in [0.2, 0.25) is 5.02 Å². The normalized spacial score (nSPS) is 15.1. The van der Waals surface area contributed by atoms with Crippen LogP contribution in [-0.4, -0.2) is 30.5 Å². The fourth-order valence-corrected chi connectivity index (χ4v) is 3.51. The van der Waals surface area contributed by atoms with Crippen LogP contribution < -0.4 is 14.8 Å². The summed E-state index contributed by atoms with van der Waals surface area (Å²) in [4.78, 5) is 24.7. The number of nitrogens with zero attached hydrogens (tertiary/aromatic N) is 1. The van der Waals surface area contributed by atoms with E-state index in [1.807, 2.05) is 37.3 Å². The second kappa shape index (κ2) is 8.83. The maximum absolute atomic E-state index is 12.1. The molecule has 1 fully saturated rings. The first-order valence-electron chi connectivity index (χ1n) is 8.53. The second-order valence-corrected chi connectivity index (χ2v) is 7.63. The molecule has 0 atom stereocenters. The largest absolute Gasteiger partial charge is 0.490 e. The zero-order chi connectivity index (χ0) is 20.3. The van der Waals surface area contributed by atoms with Gasteiger partial charge in [0.25, 0.3) is 5.91 Å². The van der Waals surface area contributed by atoms with Crippen LogP contribution in [0.4, 0.5) is 4.79 Å². The number of hydrogen-bond donors (Lipinski definition) is 1. The fourth-order valence-electron chi connectivity index (χ4n) is 2.60. The maximum atomic E-state index is 12.1. The van der Waals surface area contributed by atoms with Gasteiger partial charge in [-0.05, 0) is 71.0 Å². The average molecular weight is 513 g/mol. The molecule has 8 heteroatoms. The molecule has 6 nitrogen and oxygen atoms in total. The van der Waals surface area contributed by atoms with Gasteiger partial charge < -0.3 is 14.8 Å². The summed E-state index contributed by atoms with van der Waals surface area (Å²) in [5.41, 5.74) is 1.93. The molecular formula is C20H18ClIN2O4. The summed E-state index contributed by atoms with van der Waals surface area (Å²) >= 11 is 8.08. The lowest BCUT2D eigenvalue weighted by molar-refractivity contribution is -0.121. The number of ether oxygens (including phenoxy) is 2. The Morgan fingerprint density at radius 1 is 1.18 bits per heavy atom. The number of carbonyl (C=O) groups excluding carboxylic acids is 2. The van der Waals surface area contributed by atoms with E-state index in [-0.39, 0.29) is 11.6 Å². The van der Waals surface area contributed by atoms with Crippen molar-refractivity contribution in [3.8, 4) is 11.5 Å². The van der Waals surface area contributed by atoms with E-state index >= 15 is 0 Å². The number of nitrogens with one attached hydrogen (secondary N) is 1. The first-order valence-corrected chi connectivity index (χ1v) is 9.99. The van der Waals surface area contributed by atoms with Crippen molar-refractivity contribution < 1.29 is 19.1 Å². The molecule has 146 valence electrons. The van der Waals surface area contributed by atoms with Crippen molar-refractivity contribution in [2.24, 2.45) is 0 Å². The highest BCUT2D eigenvalue weighted by molar-refractivity contribution is 14.1. The Bertz CT molecular complexity index is 944. The third-order valence-electron chi connectivity index (χ3n) is 4.02. The van der Waals surface area contributed by atoms with Gasteiger partial charge in [-0.3, -0.25) is 9.69 Å². The molecule has 1 saturated heterocycles. The Labute approximate surface area is 181 Å². The molecule has 0 aliphatic carbocycles. The predicted molar refractivity (Wildman–Crippen MR) is 115 cm³/mol. The van der Waals surface area contributed by atoms with Gasteiger partial charge in [-0.15, -0.1) is 0 Å². The molecule has 0 spiro atoms. The summed E-state index contributed by atoms with van der Waals surface area (Å²) in [7, 11) is 1.43. The third-order valence-corrected chi connectivity index (χ3v) is 5.07. The van der Waals surface area contributed by atoms with E-state index in [9.17, 15) is 9.59 Å². The highest BCUT2D eigenvalue weighted by atomic mass is 127. The molecule has 3 amide bonds. The zero-order valence-electron chi connectivity index (χ0n) is 15.3. The molecule has 0 bridgehead atoms. The van der Waals surface area contributed by atoms with Crippen molar-refractivity contribution in [2.75, 3.05) is 13.7 Å². The van der Waals surface area contributed by atoms with Crippen molar-refractivity contribution in [3.05, 3.63) is 61.8 Å². The topological polar surface area (TPSA) is 67.9 Å². The van der Waals surface area contributed by atoms with E-state index in [0.29, 0.717) is 29.7 Å². The van der Waals surface area contributed by atoms with Crippen molar-refractivity contribution in [3.63, 3.8) is 0 Å². The zero-order valence-corrected chi connectivity index (χ0v) is 18.2. The van der Waals surface area contributed by atoms with Gasteiger partial charge in [-0.2, -0.15) is 0 Å². The number of hydrogen-bond acceptors (Lipinski definition) is 4. The number of likely N-dealkylation sites (N-methyl/N-ethyl adjacent to an activating group) is 1. The highest BCUT2D eigenvalue weighted by Crippen LogP contribution is 2.35. The summed E-state index contributed by atoms with van der Waals surface area (Å²) in [5, 5.41) is 3.22. The summed E-state index contributed by atoms with van der Waals surface area (Å²) in [6.07, 6.45) is 1.62. The highest BCUT2D eigenvalue weighted by Gasteiger charge is 2.30. The molecule has 0 aromatic heterocycles. The SMILES string of the molecule is CCOc1cc(/C=C2/NC(=O)N(C)C2=O)cc(I)c1OCc1ccc(Cl)cc1. The van der Waals surface area contributed by atoms with Gasteiger partial charge >= 0.3 is 6.03 Å². The maximum Gasteiger partial charge on any atom is 0.328 e. The van der Waals surface area contributed by atoms with Crippen molar-refractivity contribution in [2.45, 2.75) is 13.5 Å². The van der Waals surface area contributed by atoms with Crippen LogP contribution in [0.1, 0.15) is 18.1 Å². The van der Waals surface area contributed by atoms with Gasteiger partial charge in [0.05, 0.1) is 10.2 Å². The predicted octanol–water partition coefficient (Wildman–Crippen LogP) is 4.44. The fraction of sp³-hybridized carbons (Fsp3) is 0.200. The molecule has 1 aliphatic rings. The Morgan fingerprint density at radius 2 is 1.89 bits per heavy atom. The van der Waals surface area contributed by atoms with Crippen molar-refractivity contribution >= 4 is 52.2 Å². The summed E-state index contributed by atoms with van der Waals surface area (Å²) < 4.78 is 12.6. The van der Waals surface area contributed by atoms with Crippen LogP contribution >= 0.6 is 34.2 Å². The average Bonchev–Trinajstić information content (AvgIpc) is 2.89. The third kappa shape index (κ3) is 4.59. The Morgan fingerprint density at radius 3 is 2.50 bits per heavy atom. The summed E-state index contributed by atoms with van der Waals surface area (Å²) in [6.45, 7) is 2.72. The minimum atomic E-state index is -0.445. The van der Waals surface area contributed by atoms with Crippen LogP contribution in [0.3, 0.4) is 0 Å². The lowest BCUT2D eigenvalue weighted by atomic mass is 10.1. The first kappa shape index (κ1) is 20.5. The minimum Gasteiger partial charge on any atom is -0.490 e. The molecule has 0 saturated carbocycles. The number of carbonyl (C=O) groups is 2. The smallest absolute Gasteiger partial charge is 0.328 e. The van der Waals surface area contributed by atoms with E-state index in [0.717, 1.165) is 19.6 Å². The number of imide groups is 1. The van der Waals surface area contributed by atoms with Crippen LogP contribution in [0.15, 0.2) is 42.1 Å². The number of amides is 3. The monoisotopic (exact) mass is 512 g/mol. The first-order chi connectivity index (χ1) is 13.4. The van der Waals surface area contributed by atoms with E-state index in [2.05, 4.69) is 27.9 Å². The number of urea groups is 1. The van der Waals surface area contributed by atoms with Crippen LogP contribution in [0.25, 0.3) is 6.08 Å². The van der Waals surface area contributed by atoms with E-state index in [1.54, 1.807) is 12.1 Å². The summed E-state index contributed by atoms with van der Waals surface area (Å²) in [6, 6.07) is 10.6.